The van der Waals surface area contributed by atoms with E-state index in [0.717, 1.165) is 36.3 Å². The maximum Gasteiger partial charge on any atom is 0.237 e. The molecule has 3 aromatic carbocycles. The van der Waals surface area contributed by atoms with Crippen LogP contribution in [0, 0.1) is 0 Å². The molecule has 1 heterocycles. The fourth-order valence-electron chi connectivity index (χ4n) is 5.16. The highest BCUT2D eigenvalue weighted by molar-refractivity contribution is 6.30. The molecule has 0 aliphatic carbocycles. The summed E-state index contributed by atoms with van der Waals surface area (Å²) in [6, 6.07) is 27.7. The maximum atomic E-state index is 13.8. The minimum atomic E-state index is -0.837. The zero-order valence-corrected chi connectivity index (χ0v) is 20.7. The van der Waals surface area contributed by atoms with E-state index in [0.29, 0.717) is 24.3 Å². The summed E-state index contributed by atoms with van der Waals surface area (Å²) >= 11 is 6.03. The van der Waals surface area contributed by atoms with Crippen molar-refractivity contribution in [1.29, 1.82) is 0 Å². The van der Waals surface area contributed by atoms with Crippen molar-refractivity contribution in [2.45, 2.75) is 30.3 Å². The molecule has 0 spiro atoms. The summed E-state index contributed by atoms with van der Waals surface area (Å²) in [5.74, 6) is 0.0829. The molecule has 1 saturated heterocycles. The van der Waals surface area contributed by atoms with Gasteiger partial charge in [-0.05, 0) is 54.6 Å². The molecule has 4 nitrogen and oxygen atoms in total. The van der Waals surface area contributed by atoms with Gasteiger partial charge < -0.3 is 14.9 Å². The van der Waals surface area contributed by atoms with Gasteiger partial charge in [-0.3, -0.25) is 4.79 Å². The van der Waals surface area contributed by atoms with E-state index in [1.54, 1.807) is 4.90 Å². The lowest BCUT2D eigenvalue weighted by atomic mass is 9.70. The predicted molar refractivity (Wildman–Crippen MR) is 138 cm³/mol. The van der Waals surface area contributed by atoms with Gasteiger partial charge in [-0.1, -0.05) is 84.4 Å². The lowest BCUT2D eigenvalue weighted by Crippen LogP contribution is -2.48. The van der Waals surface area contributed by atoms with Crippen molar-refractivity contribution in [1.82, 2.24) is 9.80 Å². The molecule has 1 fully saturated rings. The Morgan fingerprint density at radius 1 is 0.912 bits per heavy atom. The van der Waals surface area contributed by atoms with Crippen LogP contribution < -0.4 is 0 Å². The number of carbonyl (C=O) groups excluding carboxylic acids is 1. The highest BCUT2D eigenvalue weighted by Gasteiger charge is 2.43. The summed E-state index contributed by atoms with van der Waals surface area (Å²) in [5, 5.41) is 11.9. The number of hydrogen-bond donors (Lipinski definition) is 1. The normalized spacial score (nSPS) is 16.2. The van der Waals surface area contributed by atoms with Gasteiger partial charge in [0.15, 0.2) is 0 Å². The first kappa shape index (κ1) is 24.5. The van der Waals surface area contributed by atoms with Crippen LogP contribution in [0.4, 0.5) is 0 Å². The van der Waals surface area contributed by atoms with Crippen molar-refractivity contribution in [3.8, 4) is 0 Å². The molecule has 1 N–H and O–H groups in total. The van der Waals surface area contributed by atoms with Crippen LogP contribution in [-0.2, 0) is 15.8 Å². The first-order valence-electron chi connectivity index (χ1n) is 11.9. The van der Waals surface area contributed by atoms with Gasteiger partial charge in [0.1, 0.15) is 5.41 Å². The molecule has 1 aliphatic heterocycles. The minimum absolute atomic E-state index is 0.0829. The second-order valence-corrected chi connectivity index (χ2v) is 9.90. The number of rotatable bonds is 7. The molecule has 0 radical (unpaired) electrons. The molecular formula is C29H33ClN2O2. The van der Waals surface area contributed by atoms with E-state index in [9.17, 15) is 9.90 Å². The van der Waals surface area contributed by atoms with Gasteiger partial charge in [0.2, 0.25) is 5.91 Å². The van der Waals surface area contributed by atoms with E-state index in [4.69, 9.17) is 11.6 Å². The number of aliphatic hydroxyl groups is 1. The third kappa shape index (κ3) is 4.90. The molecule has 34 heavy (non-hydrogen) atoms. The van der Waals surface area contributed by atoms with Crippen molar-refractivity contribution in [2.24, 2.45) is 0 Å². The largest absolute Gasteiger partial charge is 0.385 e. The van der Waals surface area contributed by atoms with E-state index in [1.807, 2.05) is 74.8 Å². The predicted octanol–water partition coefficient (Wildman–Crippen LogP) is 5.09. The molecule has 1 aliphatic rings. The number of likely N-dealkylation sites (N-methyl/N-ethyl adjacent to an activating group) is 1. The monoisotopic (exact) mass is 475 g/mol. The van der Waals surface area contributed by atoms with Gasteiger partial charge in [-0.15, -0.1) is 0 Å². The van der Waals surface area contributed by atoms with Crippen molar-refractivity contribution in [3.05, 3.63) is 107 Å². The van der Waals surface area contributed by atoms with Crippen LogP contribution in [0.15, 0.2) is 84.9 Å². The van der Waals surface area contributed by atoms with Crippen molar-refractivity contribution < 1.29 is 9.90 Å². The SMILES string of the molecule is CN([11CH3])C(=O)C(CCN1CCC(O)(c2ccc(Cl)cc2)CC1)(c1ccccc1)c1ccccc1. The summed E-state index contributed by atoms with van der Waals surface area (Å²) in [4.78, 5) is 17.9. The van der Waals surface area contributed by atoms with E-state index < -0.39 is 11.0 Å². The Bertz CT molecular complexity index is 1040. The number of halogens is 1. The molecule has 0 aromatic heterocycles. The lowest BCUT2D eigenvalue weighted by Gasteiger charge is -2.41. The average molecular weight is 476 g/mol. The van der Waals surface area contributed by atoms with Gasteiger partial charge in [0.05, 0.1) is 5.60 Å². The average Bonchev–Trinajstić information content (AvgIpc) is 2.87. The fraction of sp³-hybridized carbons (Fsp3) is 0.345. The third-order valence-electron chi connectivity index (χ3n) is 7.17. The smallest absolute Gasteiger partial charge is 0.237 e. The van der Waals surface area contributed by atoms with Crippen LogP contribution in [0.2, 0.25) is 5.02 Å². The van der Waals surface area contributed by atoms with Crippen LogP contribution in [0.5, 0.6) is 0 Å². The fourth-order valence-corrected chi connectivity index (χ4v) is 5.28. The Labute approximate surface area is 207 Å². The third-order valence-corrected chi connectivity index (χ3v) is 7.42. The van der Waals surface area contributed by atoms with Crippen LogP contribution in [0.25, 0.3) is 0 Å². The quantitative estimate of drug-likeness (QED) is 0.517. The molecule has 1 amide bonds. The molecule has 0 unspecified atom stereocenters. The molecule has 5 heteroatoms. The molecule has 0 atom stereocenters. The second-order valence-electron chi connectivity index (χ2n) is 9.47. The number of carbonyl (C=O) groups is 1. The van der Waals surface area contributed by atoms with Crippen LogP contribution in [0.3, 0.4) is 0 Å². The molecule has 4 rings (SSSR count). The van der Waals surface area contributed by atoms with Gasteiger partial charge >= 0.3 is 0 Å². The highest BCUT2D eigenvalue weighted by atomic mass is 35.5. The number of benzene rings is 3. The summed E-state index contributed by atoms with van der Waals surface area (Å²) in [6.07, 6.45) is 1.97. The maximum absolute atomic E-state index is 13.8. The van der Waals surface area contributed by atoms with Crippen molar-refractivity contribution in [2.75, 3.05) is 33.7 Å². The van der Waals surface area contributed by atoms with Gasteiger partial charge in [0, 0.05) is 32.2 Å². The summed E-state index contributed by atoms with van der Waals surface area (Å²) in [5.41, 5.74) is 1.33. The molecular weight excluding hydrogens is 443 g/mol. The zero-order chi connectivity index (χ0) is 24.2. The topological polar surface area (TPSA) is 43.8 Å². The standard InChI is InChI=1S/C29H33ClN2O2/c1-31(2)27(33)29(24-9-5-3-6-10-24,25-11-7-4-8-12-25)19-22-32-20-17-28(34,18-21-32)23-13-15-26(30)16-14-23/h3-16,34H,17-22H2,1-2H3/i1-1. The number of nitrogens with zero attached hydrogens (tertiary/aromatic N) is 2. The number of amides is 1. The van der Waals surface area contributed by atoms with Gasteiger partial charge in [-0.25, -0.2) is 0 Å². The molecule has 0 bridgehead atoms. The number of hydrogen-bond acceptors (Lipinski definition) is 3. The summed E-state index contributed by atoms with van der Waals surface area (Å²) < 4.78 is 0. The van der Waals surface area contributed by atoms with E-state index in [-0.39, 0.29) is 5.91 Å². The van der Waals surface area contributed by atoms with Crippen molar-refractivity contribution >= 4 is 17.5 Å². The molecule has 0 saturated carbocycles. The van der Waals surface area contributed by atoms with Crippen molar-refractivity contribution in [3.63, 3.8) is 0 Å². The second kappa shape index (κ2) is 10.3. The Kier molecular flexibility index (Phi) is 7.42. The zero-order valence-electron chi connectivity index (χ0n) is 20.0. The Morgan fingerprint density at radius 2 is 1.41 bits per heavy atom. The van der Waals surface area contributed by atoms with Gasteiger partial charge in [-0.2, -0.15) is 0 Å². The first-order valence-corrected chi connectivity index (χ1v) is 12.3. The Balaban J connectivity index is 1.57. The Hall–Kier alpha value is -2.66. The van der Waals surface area contributed by atoms with Crippen LogP contribution in [0.1, 0.15) is 36.0 Å². The van der Waals surface area contributed by atoms with Crippen LogP contribution >= 0.6 is 11.6 Å². The van der Waals surface area contributed by atoms with Crippen LogP contribution in [-0.4, -0.2) is 54.5 Å². The molecule has 3 aromatic rings. The summed E-state index contributed by atoms with van der Waals surface area (Å²) in [7, 11) is 3.66. The number of piperidine rings is 1. The lowest BCUT2D eigenvalue weighted by molar-refractivity contribution is -0.133. The Morgan fingerprint density at radius 3 is 1.88 bits per heavy atom. The first-order chi connectivity index (χ1) is 16.3. The summed E-state index contributed by atoms with van der Waals surface area (Å²) in [6.45, 7) is 2.31. The minimum Gasteiger partial charge on any atom is -0.385 e. The highest BCUT2D eigenvalue weighted by Crippen LogP contribution is 2.39. The van der Waals surface area contributed by atoms with E-state index in [2.05, 4.69) is 29.2 Å². The van der Waals surface area contributed by atoms with E-state index >= 15 is 0 Å². The van der Waals surface area contributed by atoms with Gasteiger partial charge in [0.25, 0.3) is 0 Å². The number of likely N-dealkylation sites (tertiary alicyclic amines) is 1. The molecule has 178 valence electrons. The van der Waals surface area contributed by atoms with E-state index in [1.165, 1.54) is 0 Å².